The van der Waals surface area contributed by atoms with Gasteiger partial charge >= 0.3 is 0 Å². The first-order valence-corrected chi connectivity index (χ1v) is 9.27. The van der Waals surface area contributed by atoms with Gasteiger partial charge in [-0.25, -0.2) is 4.68 Å². The Labute approximate surface area is 158 Å². The van der Waals surface area contributed by atoms with E-state index in [9.17, 15) is 9.90 Å². The Hall–Kier alpha value is -2.21. The highest BCUT2D eigenvalue weighted by Gasteiger charge is 2.11. The summed E-state index contributed by atoms with van der Waals surface area (Å²) in [6.07, 6.45) is 4.14. The molecule has 0 aliphatic rings. The molecule has 2 aromatic rings. The van der Waals surface area contributed by atoms with Crippen molar-refractivity contribution in [2.75, 3.05) is 18.5 Å². The second kappa shape index (κ2) is 9.48. The van der Waals surface area contributed by atoms with Crippen LogP contribution < -0.4 is 15.6 Å². The van der Waals surface area contributed by atoms with Crippen molar-refractivity contribution < 1.29 is 9.84 Å². The van der Waals surface area contributed by atoms with Crippen LogP contribution in [0.5, 0.6) is 11.5 Å². The second-order valence-electron chi connectivity index (χ2n) is 6.39. The minimum atomic E-state index is -0.295. The summed E-state index contributed by atoms with van der Waals surface area (Å²) >= 11 is 6.13. The lowest BCUT2D eigenvalue weighted by Gasteiger charge is -2.13. The van der Waals surface area contributed by atoms with E-state index in [1.807, 2.05) is 13.8 Å². The summed E-state index contributed by atoms with van der Waals surface area (Å²) in [7, 11) is 0. The third kappa shape index (κ3) is 5.14. The predicted octanol–water partition coefficient (Wildman–Crippen LogP) is 4.02. The molecule has 0 bridgehead atoms. The van der Waals surface area contributed by atoms with Crippen molar-refractivity contribution in [1.82, 2.24) is 9.78 Å². The van der Waals surface area contributed by atoms with Crippen LogP contribution in [0.2, 0.25) is 5.02 Å². The third-order valence-electron chi connectivity index (χ3n) is 3.89. The molecule has 26 heavy (non-hydrogen) atoms. The fourth-order valence-electron chi connectivity index (χ4n) is 2.58. The number of halogens is 1. The summed E-state index contributed by atoms with van der Waals surface area (Å²) in [5, 5.41) is 17.0. The summed E-state index contributed by atoms with van der Waals surface area (Å²) in [5.74, 6) is 1.05. The zero-order valence-electron chi connectivity index (χ0n) is 15.5. The Kier molecular flexibility index (Phi) is 7.33. The Morgan fingerprint density at radius 1 is 1.38 bits per heavy atom. The van der Waals surface area contributed by atoms with Crippen LogP contribution in [0.15, 0.2) is 29.2 Å². The largest absolute Gasteiger partial charge is 0.508 e. The Bertz CT molecular complexity index is 790. The number of aryl methyl sites for hydroxylation is 1. The molecule has 1 heterocycles. The molecule has 0 fully saturated rings. The quantitative estimate of drug-likeness (QED) is 0.643. The highest BCUT2D eigenvalue weighted by atomic mass is 35.5. The fraction of sp³-hybridized carbons (Fsp3) is 0.474. The second-order valence-corrected chi connectivity index (χ2v) is 6.76. The summed E-state index contributed by atoms with van der Waals surface area (Å²) in [5.41, 5.74) is 1.24. The molecule has 6 nitrogen and oxygen atoms in total. The number of benzene rings is 1. The first-order chi connectivity index (χ1) is 12.4. The van der Waals surface area contributed by atoms with E-state index >= 15 is 0 Å². The summed E-state index contributed by atoms with van der Waals surface area (Å²) in [6, 6.07) is 5.12. The van der Waals surface area contributed by atoms with Gasteiger partial charge in [0.05, 0.1) is 24.5 Å². The van der Waals surface area contributed by atoms with Gasteiger partial charge in [0.15, 0.2) is 0 Å². The van der Waals surface area contributed by atoms with Crippen LogP contribution in [-0.4, -0.2) is 28.0 Å². The minimum Gasteiger partial charge on any atom is -0.508 e. The maximum Gasteiger partial charge on any atom is 0.287 e. The smallest absolute Gasteiger partial charge is 0.287 e. The number of phenolic OH excluding ortho intramolecular Hbond substituents is 1. The molecule has 7 heteroatoms. The standard InChI is InChI=1S/C19H26ClN3O3/c1-4-6-14-11-15(24)7-8-17(14)26-10-5-9-21-16-12-22-23(13(2)3)19(25)18(16)20/h7-8,11-13,21,24H,4-6,9-10H2,1-3H3. The molecule has 0 amide bonds. The van der Waals surface area contributed by atoms with Crippen LogP contribution in [0.3, 0.4) is 0 Å². The molecule has 2 rings (SSSR count). The zero-order chi connectivity index (χ0) is 19.1. The molecule has 0 radical (unpaired) electrons. The van der Waals surface area contributed by atoms with Gasteiger partial charge in [-0.1, -0.05) is 24.9 Å². The average molecular weight is 380 g/mol. The van der Waals surface area contributed by atoms with Crippen molar-refractivity contribution in [2.24, 2.45) is 0 Å². The Morgan fingerprint density at radius 2 is 2.15 bits per heavy atom. The maximum atomic E-state index is 12.1. The molecule has 0 atom stereocenters. The summed E-state index contributed by atoms with van der Waals surface area (Å²) < 4.78 is 7.18. The number of rotatable bonds is 9. The van der Waals surface area contributed by atoms with Crippen molar-refractivity contribution in [3.8, 4) is 11.5 Å². The van der Waals surface area contributed by atoms with Crippen LogP contribution >= 0.6 is 11.6 Å². The van der Waals surface area contributed by atoms with Crippen LogP contribution in [0.25, 0.3) is 0 Å². The van der Waals surface area contributed by atoms with Gasteiger partial charge in [-0.2, -0.15) is 5.10 Å². The van der Waals surface area contributed by atoms with Gasteiger partial charge in [-0.15, -0.1) is 0 Å². The lowest BCUT2D eigenvalue weighted by Crippen LogP contribution is -2.26. The van der Waals surface area contributed by atoms with E-state index in [-0.39, 0.29) is 22.4 Å². The molecule has 1 aromatic heterocycles. The summed E-state index contributed by atoms with van der Waals surface area (Å²) in [6.45, 7) is 6.97. The van der Waals surface area contributed by atoms with Crippen molar-refractivity contribution in [3.63, 3.8) is 0 Å². The van der Waals surface area contributed by atoms with Crippen molar-refractivity contribution in [2.45, 2.75) is 46.1 Å². The number of anilines is 1. The molecule has 0 unspecified atom stereocenters. The number of nitrogens with one attached hydrogen (secondary N) is 1. The monoisotopic (exact) mass is 379 g/mol. The Morgan fingerprint density at radius 3 is 2.85 bits per heavy atom. The molecular weight excluding hydrogens is 354 g/mol. The first-order valence-electron chi connectivity index (χ1n) is 8.90. The molecule has 0 saturated heterocycles. The van der Waals surface area contributed by atoms with Crippen LogP contribution in [0.1, 0.15) is 45.2 Å². The van der Waals surface area contributed by atoms with Crippen molar-refractivity contribution in [3.05, 3.63) is 45.3 Å². The highest BCUT2D eigenvalue weighted by molar-refractivity contribution is 6.32. The van der Waals surface area contributed by atoms with E-state index in [1.165, 1.54) is 4.68 Å². The van der Waals surface area contributed by atoms with Crippen LogP contribution in [0, 0.1) is 0 Å². The normalized spacial score (nSPS) is 11.0. The van der Waals surface area contributed by atoms with E-state index in [1.54, 1.807) is 24.4 Å². The van der Waals surface area contributed by atoms with Crippen LogP contribution in [-0.2, 0) is 6.42 Å². The van der Waals surface area contributed by atoms with E-state index in [0.717, 1.165) is 30.6 Å². The number of hydrogen-bond acceptors (Lipinski definition) is 5. The van der Waals surface area contributed by atoms with Gasteiger partial charge in [-0.3, -0.25) is 4.79 Å². The number of phenols is 1. The molecule has 1 aromatic carbocycles. The number of aromatic nitrogens is 2. The fourth-order valence-corrected chi connectivity index (χ4v) is 2.79. The topological polar surface area (TPSA) is 76.4 Å². The van der Waals surface area contributed by atoms with Gasteiger partial charge in [0, 0.05) is 6.54 Å². The Balaban J connectivity index is 1.87. The lowest BCUT2D eigenvalue weighted by atomic mass is 10.1. The van der Waals surface area contributed by atoms with E-state index < -0.39 is 0 Å². The highest BCUT2D eigenvalue weighted by Crippen LogP contribution is 2.25. The zero-order valence-corrected chi connectivity index (χ0v) is 16.2. The van der Waals surface area contributed by atoms with Crippen molar-refractivity contribution >= 4 is 17.3 Å². The van der Waals surface area contributed by atoms with Gasteiger partial charge in [0.2, 0.25) is 0 Å². The number of hydrogen-bond donors (Lipinski definition) is 2. The molecule has 0 aliphatic heterocycles. The number of ether oxygens (including phenoxy) is 1. The SMILES string of the molecule is CCCc1cc(O)ccc1OCCCNc1cnn(C(C)C)c(=O)c1Cl. The lowest BCUT2D eigenvalue weighted by molar-refractivity contribution is 0.311. The molecule has 2 N–H and O–H groups in total. The molecular formula is C19H26ClN3O3. The minimum absolute atomic E-state index is 0.0370. The maximum absolute atomic E-state index is 12.1. The molecule has 0 spiro atoms. The first kappa shape index (κ1) is 20.1. The van der Waals surface area contributed by atoms with Gasteiger partial charge < -0.3 is 15.2 Å². The van der Waals surface area contributed by atoms with E-state index in [0.29, 0.717) is 18.8 Å². The van der Waals surface area contributed by atoms with E-state index in [2.05, 4.69) is 17.3 Å². The molecule has 142 valence electrons. The molecule has 0 saturated carbocycles. The van der Waals surface area contributed by atoms with Crippen LogP contribution in [0.4, 0.5) is 5.69 Å². The predicted molar refractivity (Wildman–Crippen MR) is 105 cm³/mol. The van der Waals surface area contributed by atoms with Crippen molar-refractivity contribution in [1.29, 1.82) is 0 Å². The number of nitrogens with zero attached hydrogens (tertiary/aromatic N) is 2. The number of aromatic hydroxyl groups is 1. The van der Waals surface area contributed by atoms with Gasteiger partial charge in [0.1, 0.15) is 16.5 Å². The van der Waals surface area contributed by atoms with Gasteiger partial charge in [-0.05, 0) is 50.5 Å². The average Bonchev–Trinajstić information content (AvgIpc) is 2.60. The van der Waals surface area contributed by atoms with E-state index in [4.69, 9.17) is 16.3 Å². The van der Waals surface area contributed by atoms with Gasteiger partial charge in [0.25, 0.3) is 5.56 Å². The molecule has 0 aliphatic carbocycles. The third-order valence-corrected chi connectivity index (χ3v) is 4.26. The summed E-state index contributed by atoms with van der Waals surface area (Å²) in [4.78, 5) is 12.1.